The molecule has 0 saturated heterocycles. The minimum atomic E-state index is -0.375. The molecule has 0 amide bonds. The molecule has 1 aliphatic carbocycles. The van der Waals surface area contributed by atoms with E-state index in [9.17, 15) is 4.91 Å². The smallest absolute Gasteiger partial charge is 0.107 e. The van der Waals surface area contributed by atoms with Crippen LogP contribution in [0.15, 0.2) is 5.18 Å². The Morgan fingerprint density at radius 3 is 1.81 bits per heavy atom. The summed E-state index contributed by atoms with van der Waals surface area (Å²) in [5.41, 5.74) is 0.113. The normalized spacial score (nSPS) is 31.5. The van der Waals surface area contributed by atoms with E-state index in [4.69, 9.17) is 0 Å². The maximum Gasteiger partial charge on any atom is 0.107 e. The maximum absolute atomic E-state index is 12.1. The SMILES string of the molecule is CCCCC1CCCCCCC(N=O)(C(C)(C)C)CCCCCCC(C)(CC)CCC1. The van der Waals surface area contributed by atoms with Gasteiger partial charge in [0.05, 0.1) is 0 Å². The number of nitroso groups, excluding NO2 is 1. The van der Waals surface area contributed by atoms with E-state index in [1.807, 2.05) is 0 Å². The third kappa shape index (κ3) is 10.4. The first kappa shape index (κ1) is 28.6. The van der Waals surface area contributed by atoms with Crippen molar-refractivity contribution < 1.29 is 0 Å². The van der Waals surface area contributed by atoms with Crippen LogP contribution in [-0.2, 0) is 0 Å². The summed E-state index contributed by atoms with van der Waals surface area (Å²) in [5.74, 6) is 0.935. The van der Waals surface area contributed by atoms with Gasteiger partial charge >= 0.3 is 0 Å². The summed E-state index contributed by atoms with van der Waals surface area (Å²) in [6, 6.07) is 0. The molecular weight excluding hydrogens is 378 g/mol. The quantitative estimate of drug-likeness (QED) is 0.395. The van der Waals surface area contributed by atoms with Crippen LogP contribution < -0.4 is 0 Å². The van der Waals surface area contributed by atoms with E-state index in [1.165, 1.54) is 96.3 Å². The van der Waals surface area contributed by atoms with Gasteiger partial charge in [-0.25, -0.2) is 0 Å². The summed E-state index contributed by atoms with van der Waals surface area (Å²) in [5, 5.41) is 3.81. The highest BCUT2D eigenvalue weighted by molar-refractivity contribution is 4.97. The third-order valence-electron chi connectivity index (χ3n) is 8.86. The fourth-order valence-electron chi connectivity index (χ4n) is 5.85. The number of hydrogen-bond donors (Lipinski definition) is 0. The molecule has 0 bridgehead atoms. The first-order valence-electron chi connectivity index (χ1n) is 14.1. The van der Waals surface area contributed by atoms with Gasteiger partial charge in [0.25, 0.3) is 0 Å². The van der Waals surface area contributed by atoms with Crippen molar-refractivity contribution in [2.45, 2.75) is 169 Å². The number of unbranched alkanes of at least 4 members (excludes halogenated alkanes) is 1. The Morgan fingerprint density at radius 2 is 1.29 bits per heavy atom. The van der Waals surface area contributed by atoms with Crippen molar-refractivity contribution in [3.05, 3.63) is 4.91 Å². The summed E-state index contributed by atoms with van der Waals surface area (Å²) in [6.45, 7) is 13.9. The molecule has 0 aromatic rings. The van der Waals surface area contributed by atoms with Gasteiger partial charge in [-0.05, 0) is 42.4 Å². The van der Waals surface area contributed by atoms with Crippen LogP contribution in [0.4, 0.5) is 0 Å². The molecule has 0 aromatic heterocycles. The van der Waals surface area contributed by atoms with Crippen LogP contribution in [0.5, 0.6) is 0 Å². The van der Waals surface area contributed by atoms with Gasteiger partial charge in [-0.15, -0.1) is 0 Å². The summed E-state index contributed by atoms with van der Waals surface area (Å²) in [6.07, 6.45) is 24.7. The molecule has 0 N–H and O–H groups in total. The van der Waals surface area contributed by atoms with E-state index in [-0.39, 0.29) is 11.0 Å². The fourth-order valence-corrected chi connectivity index (χ4v) is 5.85. The van der Waals surface area contributed by atoms with Gasteiger partial charge < -0.3 is 0 Å². The Kier molecular flexibility index (Phi) is 13.6. The monoisotopic (exact) mass is 435 g/mol. The highest BCUT2D eigenvalue weighted by Crippen LogP contribution is 2.43. The topological polar surface area (TPSA) is 29.4 Å². The summed E-state index contributed by atoms with van der Waals surface area (Å²) in [4.78, 5) is 12.1. The van der Waals surface area contributed by atoms with Gasteiger partial charge in [0.2, 0.25) is 0 Å². The Labute approximate surface area is 196 Å². The molecule has 0 aliphatic heterocycles. The predicted octanol–water partition coefficient (Wildman–Crippen LogP) is 10.6. The molecule has 2 nitrogen and oxygen atoms in total. The average molecular weight is 436 g/mol. The summed E-state index contributed by atoms with van der Waals surface area (Å²) >= 11 is 0. The molecule has 0 heterocycles. The van der Waals surface area contributed by atoms with Gasteiger partial charge in [-0.2, -0.15) is 4.91 Å². The van der Waals surface area contributed by atoms with Gasteiger partial charge in [-0.3, -0.25) is 0 Å². The van der Waals surface area contributed by atoms with Crippen molar-refractivity contribution in [3.63, 3.8) is 0 Å². The second-order valence-corrected chi connectivity index (χ2v) is 12.3. The van der Waals surface area contributed by atoms with Crippen LogP contribution in [-0.4, -0.2) is 5.54 Å². The Balaban J connectivity index is 2.78. The fraction of sp³-hybridized carbons (Fsp3) is 1.00. The van der Waals surface area contributed by atoms with Crippen molar-refractivity contribution in [2.75, 3.05) is 0 Å². The molecule has 1 saturated carbocycles. The predicted molar refractivity (Wildman–Crippen MR) is 139 cm³/mol. The second kappa shape index (κ2) is 14.7. The summed E-state index contributed by atoms with van der Waals surface area (Å²) < 4.78 is 0. The summed E-state index contributed by atoms with van der Waals surface area (Å²) in [7, 11) is 0. The molecule has 184 valence electrons. The van der Waals surface area contributed by atoms with E-state index in [0.29, 0.717) is 5.41 Å². The standard InChI is InChI=1S/C29H57NO/c1-7-9-19-26-20-14-10-11-16-24-29(30-31,27(3,4)5)25-17-13-12-15-22-28(6,8-2)23-18-21-26/h26H,7-25H2,1-6H3. The molecule has 1 fully saturated rings. The van der Waals surface area contributed by atoms with Crippen LogP contribution in [0.25, 0.3) is 0 Å². The van der Waals surface area contributed by atoms with Crippen LogP contribution in [0.2, 0.25) is 0 Å². The van der Waals surface area contributed by atoms with E-state index in [0.717, 1.165) is 31.6 Å². The van der Waals surface area contributed by atoms with Crippen molar-refractivity contribution in [1.82, 2.24) is 0 Å². The van der Waals surface area contributed by atoms with Crippen LogP contribution >= 0.6 is 0 Å². The molecule has 0 spiro atoms. The molecule has 3 atom stereocenters. The van der Waals surface area contributed by atoms with Crippen molar-refractivity contribution in [3.8, 4) is 0 Å². The van der Waals surface area contributed by atoms with Crippen LogP contribution in [0, 0.1) is 21.7 Å². The van der Waals surface area contributed by atoms with Crippen molar-refractivity contribution >= 4 is 0 Å². The van der Waals surface area contributed by atoms with E-state index >= 15 is 0 Å². The maximum atomic E-state index is 12.1. The van der Waals surface area contributed by atoms with Gasteiger partial charge in [0.15, 0.2) is 0 Å². The van der Waals surface area contributed by atoms with E-state index < -0.39 is 0 Å². The average Bonchev–Trinajstić information content (AvgIpc) is 2.73. The Bertz CT molecular complexity index is 468. The lowest BCUT2D eigenvalue weighted by Crippen LogP contribution is -2.40. The Morgan fingerprint density at radius 1 is 0.774 bits per heavy atom. The van der Waals surface area contributed by atoms with Gasteiger partial charge in [-0.1, -0.05) is 143 Å². The Hall–Kier alpha value is -0.400. The molecule has 3 unspecified atom stereocenters. The number of nitrogens with zero attached hydrogens (tertiary/aromatic N) is 1. The van der Waals surface area contributed by atoms with Gasteiger partial charge in [0.1, 0.15) is 5.54 Å². The number of rotatable bonds is 5. The largest absolute Gasteiger partial charge is 0.150 e. The first-order chi connectivity index (χ1) is 14.7. The molecule has 1 aliphatic rings. The van der Waals surface area contributed by atoms with Crippen molar-refractivity contribution in [1.29, 1.82) is 0 Å². The lowest BCUT2D eigenvalue weighted by Gasteiger charge is -2.39. The van der Waals surface area contributed by atoms with Crippen molar-refractivity contribution in [2.24, 2.45) is 21.9 Å². The minimum Gasteiger partial charge on any atom is -0.150 e. The highest BCUT2D eigenvalue weighted by Gasteiger charge is 2.42. The molecular formula is C29H57NO. The highest BCUT2D eigenvalue weighted by atomic mass is 16.3. The third-order valence-corrected chi connectivity index (χ3v) is 8.86. The van der Waals surface area contributed by atoms with E-state index in [2.05, 4.69) is 46.7 Å². The lowest BCUT2D eigenvalue weighted by molar-refractivity contribution is 0.152. The zero-order chi connectivity index (χ0) is 23.2. The van der Waals surface area contributed by atoms with E-state index in [1.54, 1.807) is 0 Å². The van der Waals surface area contributed by atoms with Gasteiger partial charge in [0, 0.05) is 0 Å². The first-order valence-corrected chi connectivity index (χ1v) is 14.1. The zero-order valence-corrected chi connectivity index (χ0v) is 22.4. The minimum absolute atomic E-state index is 0.0401. The zero-order valence-electron chi connectivity index (χ0n) is 22.4. The molecule has 2 heteroatoms. The second-order valence-electron chi connectivity index (χ2n) is 12.3. The molecule has 0 radical (unpaired) electrons. The van der Waals surface area contributed by atoms with Crippen LogP contribution in [0.3, 0.4) is 0 Å². The van der Waals surface area contributed by atoms with Crippen LogP contribution in [0.1, 0.15) is 164 Å². The molecule has 0 aromatic carbocycles. The lowest BCUT2D eigenvalue weighted by atomic mass is 9.68. The molecule has 31 heavy (non-hydrogen) atoms. The molecule has 1 rings (SSSR count). The number of hydrogen-bond acceptors (Lipinski definition) is 2.